The molecule has 0 bridgehead atoms. The SMILES string of the molecule is Cc1ccc(C(C)C)c(Oc2ccc(NC(=O)CCC(=O)OCC(=O)Nc3ccccc3C(F)(F)F)cc2)c1. The van der Waals surface area contributed by atoms with E-state index in [0.29, 0.717) is 11.4 Å². The molecule has 3 rings (SSSR count). The predicted octanol–water partition coefficient (Wildman–Crippen LogP) is 6.83. The largest absolute Gasteiger partial charge is 0.457 e. The molecule has 0 aromatic heterocycles. The number of nitrogens with one attached hydrogen (secondary N) is 2. The van der Waals surface area contributed by atoms with Gasteiger partial charge in [-0.3, -0.25) is 14.4 Å². The molecule has 0 saturated carbocycles. The number of ether oxygens (including phenoxy) is 2. The monoisotopic (exact) mass is 542 g/mol. The van der Waals surface area contributed by atoms with Gasteiger partial charge in [-0.1, -0.05) is 38.1 Å². The lowest BCUT2D eigenvalue weighted by Gasteiger charge is -2.15. The Bertz CT molecular complexity index is 1320. The highest BCUT2D eigenvalue weighted by Crippen LogP contribution is 2.34. The van der Waals surface area contributed by atoms with Crippen molar-refractivity contribution in [3.05, 3.63) is 83.4 Å². The zero-order valence-electron chi connectivity index (χ0n) is 21.7. The normalized spacial score (nSPS) is 11.2. The smallest absolute Gasteiger partial charge is 0.418 e. The molecule has 206 valence electrons. The minimum atomic E-state index is -4.65. The molecule has 0 heterocycles. The number of carbonyl (C=O) groups excluding carboxylic acids is 3. The first-order chi connectivity index (χ1) is 18.4. The third-order valence-electron chi connectivity index (χ3n) is 5.58. The van der Waals surface area contributed by atoms with E-state index < -0.39 is 41.8 Å². The van der Waals surface area contributed by atoms with Gasteiger partial charge < -0.3 is 20.1 Å². The third kappa shape index (κ3) is 8.87. The zero-order valence-corrected chi connectivity index (χ0v) is 21.7. The fourth-order valence-electron chi connectivity index (χ4n) is 3.62. The Morgan fingerprint density at radius 3 is 2.23 bits per heavy atom. The van der Waals surface area contributed by atoms with Crippen LogP contribution in [0.25, 0.3) is 0 Å². The molecule has 2 N–H and O–H groups in total. The van der Waals surface area contributed by atoms with Crippen molar-refractivity contribution in [3.63, 3.8) is 0 Å². The Morgan fingerprint density at radius 2 is 1.56 bits per heavy atom. The summed E-state index contributed by atoms with van der Waals surface area (Å²) in [5.74, 6) is -0.583. The van der Waals surface area contributed by atoms with Crippen molar-refractivity contribution in [1.29, 1.82) is 0 Å². The number of esters is 1. The number of rotatable bonds is 10. The highest BCUT2D eigenvalue weighted by atomic mass is 19.4. The Labute approximate surface area is 224 Å². The van der Waals surface area contributed by atoms with Gasteiger partial charge in [0, 0.05) is 12.1 Å². The van der Waals surface area contributed by atoms with Crippen LogP contribution in [0, 0.1) is 6.92 Å². The molecule has 0 aliphatic rings. The first-order valence-corrected chi connectivity index (χ1v) is 12.2. The van der Waals surface area contributed by atoms with Crippen LogP contribution in [0.3, 0.4) is 0 Å². The van der Waals surface area contributed by atoms with Crippen LogP contribution in [0.1, 0.15) is 49.3 Å². The molecule has 3 aromatic rings. The van der Waals surface area contributed by atoms with E-state index in [0.717, 1.165) is 29.0 Å². The van der Waals surface area contributed by atoms with Crippen LogP contribution in [-0.2, 0) is 25.3 Å². The number of amides is 2. The number of hydrogen-bond donors (Lipinski definition) is 2. The van der Waals surface area contributed by atoms with Gasteiger partial charge in [-0.15, -0.1) is 0 Å². The zero-order chi connectivity index (χ0) is 28.6. The number of para-hydroxylation sites is 1. The third-order valence-corrected chi connectivity index (χ3v) is 5.58. The highest BCUT2D eigenvalue weighted by Gasteiger charge is 2.33. The van der Waals surface area contributed by atoms with E-state index in [-0.39, 0.29) is 18.8 Å². The summed E-state index contributed by atoms with van der Waals surface area (Å²) in [6.45, 7) is 5.36. The molecule has 0 radical (unpaired) electrons. The minimum absolute atomic E-state index is 0.212. The number of carbonyl (C=O) groups is 3. The van der Waals surface area contributed by atoms with Gasteiger partial charge in [-0.2, -0.15) is 13.2 Å². The first kappa shape index (κ1) is 29.2. The van der Waals surface area contributed by atoms with Gasteiger partial charge in [0.25, 0.3) is 5.91 Å². The number of alkyl halides is 3. The summed E-state index contributed by atoms with van der Waals surface area (Å²) in [6, 6.07) is 17.2. The number of benzene rings is 3. The maximum Gasteiger partial charge on any atom is 0.418 e. The summed E-state index contributed by atoms with van der Waals surface area (Å²) in [5.41, 5.74) is 1.19. The quantitative estimate of drug-likeness (QED) is 0.274. The molecule has 0 aliphatic heterocycles. The molecule has 0 unspecified atom stereocenters. The van der Waals surface area contributed by atoms with E-state index in [1.165, 1.54) is 12.1 Å². The van der Waals surface area contributed by atoms with Gasteiger partial charge in [-0.05, 0) is 66.4 Å². The highest BCUT2D eigenvalue weighted by molar-refractivity contribution is 5.95. The molecule has 2 amide bonds. The van der Waals surface area contributed by atoms with Crippen molar-refractivity contribution >= 4 is 29.2 Å². The van der Waals surface area contributed by atoms with Crippen LogP contribution in [0.5, 0.6) is 11.5 Å². The predicted molar refractivity (Wildman–Crippen MR) is 141 cm³/mol. The minimum Gasteiger partial charge on any atom is -0.457 e. The second-order valence-corrected chi connectivity index (χ2v) is 9.12. The van der Waals surface area contributed by atoms with Crippen LogP contribution < -0.4 is 15.4 Å². The van der Waals surface area contributed by atoms with Gasteiger partial charge >= 0.3 is 12.1 Å². The Morgan fingerprint density at radius 1 is 0.872 bits per heavy atom. The van der Waals surface area contributed by atoms with E-state index in [4.69, 9.17) is 9.47 Å². The molecule has 7 nitrogen and oxygen atoms in total. The molecule has 3 aromatic carbocycles. The summed E-state index contributed by atoms with van der Waals surface area (Å²) >= 11 is 0. The van der Waals surface area contributed by atoms with E-state index >= 15 is 0 Å². The molecule has 39 heavy (non-hydrogen) atoms. The molecule has 0 saturated heterocycles. The van der Waals surface area contributed by atoms with Gasteiger partial charge in [0.15, 0.2) is 6.61 Å². The topological polar surface area (TPSA) is 93.7 Å². The van der Waals surface area contributed by atoms with Gasteiger partial charge in [0.05, 0.1) is 17.7 Å². The fraction of sp³-hybridized carbons (Fsp3) is 0.276. The van der Waals surface area contributed by atoms with Crippen molar-refractivity contribution in [1.82, 2.24) is 0 Å². The standard InChI is InChI=1S/C29H29F3N2O5/c1-18(2)22-13-8-19(3)16-25(22)39-21-11-9-20(10-12-21)33-26(35)14-15-28(37)38-17-27(36)34-24-7-5-4-6-23(24)29(30,31)32/h4-13,16,18H,14-15,17H2,1-3H3,(H,33,35)(H,34,36). The summed E-state index contributed by atoms with van der Waals surface area (Å²) < 4.78 is 49.9. The first-order valence-electron chi connectivity index (χ1n) is 12.2. The van der Waals surface area contributed by atoms with Crippen molar-refractivity contribution in [2.24, 2.45) is 0 Å². The molecule has 0 fully saturated rings. The summed E-state index contributed by atoms with van der Waals surface area (Å²) in [4.78, 5) is 36.1. The van der Waals surface area contributed by atoms with E-state index in [9.17, 15) is 27.6 Å². The second-order valence-electron chi connectivity index (χ2n) is 9.12. The van der Waals surface area contributed by atoms with Gasteiger partial charge in [0.1, 0.15) is 11.5 Å². The van der Waals surface area contributed by atoms with Crippen LogP contribution in [0.2, 0.25) is 0 Å². The molecular weight excluding hydrogens is 513 g/mol. The van der Waals surface area contributed by atoms with Crippen LogP contribution in [-0.4, -0.2) is 24.4 Å². The maximum absolute atomic E-state index is 13.0. The number of aryl methyl sites for hydroxylation is 1. The summed E-state index contributed by atoms with van der Waals surface area (Å²) in [5, 5.41) is 4.73. The number of hydrogen-bond acceptors (Lipinski definition) is 5. The molecule has 0 atom stereocenters. The lowest BCUT2D eigenvalue weighted by Crippen LogP contribution is -2.23. The molecular formula is C29H29F3N2O5. The van der Waals surface area contributed by atoms with Crippen LogP contribution in [0.4, 0.5) is 24.5 Å². The van der Waals surface area contributed by atoms with Crippen molar-refractivity contribution in [2.75, 3.05) is 17.2 Å². The van der Waals surface area contributed by atoms with Crippen LogP contribution >= 0.6 is 0 Å². The van der Waals surface area contributed by atoms with E-state index in [1.807, 2.05) is 25.1 Å². The lowest BCUT2D eigenvalue weighted by atomic mass is 10.0. The Kier molecular flexibility index (Phi) is 9.70. The van der Waals surface area contributed by atoms with Gasteiger partial charge in [-0.25, -0.2) is 0 Å². The molecule has 0 spiro atoms. The molecule has 0 aliphatic carbocycles. The summed E-state index contributed by atoms with van der Waals surface area (Å²) in [6.07, 6.45) is -5.18. The fourth-order valence-corrected chi connectivity index (χ4v) is 3.62. The summed E-state index contributed by atoms with van der Waals surface area (Å²) in [7, 11) is 0. The van der Waals surface area contributed by atoms with E-state index in [2.05, 4.69) is 24.5 Å². The molecule has 10 heteroatoms. The van der Waals surface area contributed by atoms with Gasteiger partial charge in [0.2, 0.25) is 5.91 Å². The van der Waals surface area contributed by atoms with Crippen molar-refractivity contribution < 1.29 is 37.0 Å². The Hall–Kier alpha value is -4.34. The maximum atomic E-state index is 13.0. The number of anilines is 2. The van der Waals surface area contributed by atoms with E-state index in [1.54, 1.807) is 24.3 Å². The Balaban J connectivity index is 1.44. The lowest BCUT2D eigenvalue weighted by molar-refractivity contribution is -0.148. The number of halogens is 3. The van der Waals surface area contributed by atoms with Crippen molar-refractivity contribution in [2.45, 2.75) is 45.7 Å². The van der Waals surface area contributed by atoms with Crippen molar-refractivity contribution in [3.8, 4) is 11.5 Å². The van der Waals surface area contributed by atoms with Crippen LogP contribution in [0.15, 0.2) is 66.7 Å². The average Bonchev–Trinajstić information content (AvgIpc) is 2.87. The average molecular weight is 543 g/mol. The second kappa shape index (κ2) is 12.9.